The van der Waals surface area contributed by atoms with Gasteiger partial charge in [-0.2, -0.15) is 0 Å². The molecule has 0 saturated heterocycles. The Bertz CT molecular complexity index is 518. The molecule has 0 aliphatic heterocycles. The summed E-state index contributed by atoms with van der Waals surface area (Å²) in [5, 5.41) is 15.2. The van der Waals surface area contributed by atoms with Crippen LogP contribution >= 0.6 is 11.8 Å². The maximum atomic E-state index is 11.8. The van der Waals surface area contributed by atoms with E-state index in [1.807, 2.05) is 20.8 Å². The Hall–Kier alpha value is -1.57. The summed E-state index contributed by atoms with van der Waals surface area (Å²) in [4.78, 5) is 16.1. The van der Waals surface area contributed by atoms with Crippen LogP contribution in [0.5, 0.6) is 0 Å². The first-order valence-corrected chi connectivity index (χ1v) is 8.93. The van der Waals surface area contributed by atoms with E-state index < -0.39 is 5.60 Å². The van der Waals surface area contributed by atoms with Gasteiger partial charge < -0.3 is 15.4 Å². The lowest BCUT2D eigenvalue weighted by atomic mass is 10.2. The number of thioether (sulfide) groups is 1. The molecule has 0 radical (unpaired) electrons. The molecule has 0 unspecified atom stereocenters. The zero-order chi connectivity index (χ0) is 16.9. The molecular weight excluding hydrogens is 314 g/mol. The summed E-state index contributed by atoms with van der Waals surface area (Å²) in [7, 11) is 0. The number of hydrogen-bond acceptors (Lipinski definition) is 7. The molecule has 2 N–H and O–H groups in total. The summed E-state index contributed by atoms with van der Waals surface area (Å²) in [6.07, 6.45) is 4.06. The average molecular weight is 339 g/mol. The van der Waals surface area contributed by atoms with E-state index in [2.05, 4.69) is 32.7 Å². The molecular formula is C15H25N5O2S. The van der Waals surface area contributed by atoms with Crippen molar-refractivity contribution in [2.24, 2.45) is 0 Å². The molecule has 1 aliphatic rings. The van der Waals surface area contributed by atoms with E-state index in [4.69, 9.17) is 4.74 Å². The van der Waals surface area contributed by atoms with Gasteiger partial charge in [0, 0.05) is 12.1 Å². The first-order chi connectivity index (χ1) is 10.9. The highest BCUT2D eigenvalue weighted by molar-refractivity contribution is 7.99. The number of rotatable bonds is 5. The molecule has 1 saturated carbocycles. The van der Waals surface area contributed by atoms with Gasteiger partial charge in [-0.3, -0.25) is 0 Å². The summed E-state index contributed by atoms with van der Waals surface area (Å²) < 4.78 is 5.28. The monoisotopic (exact) mass is 339 g/mol. The molecule has 1 fully saturated rings. The largest absolute Gasteiger partial charge is 0.444 e. The van der Waals surface area contributed by atoms with Crippen LogP contribution in [0.4, 0.5) is 10.7 Å². The standard InChI is InChI=1S/C15H25N5O2S/c1-5-23-12-9-16-13(20-19-12)17-10-6-7-11(8-10)18-14(21)22-15(2,3)4/h9-11H,5-8H2,1-4H3,(H,18,21)(H,16,17,20)/t10-,11-/m0/s1. The molecule has 0 bridgehead atoms. The number of amides is 1. The van der Waals surface area contributed by atoms with Crippen LogP contribution in [-0.2, 0) is 4.74 Å². The lowest BCUT2D eigenvalue weighted by Crippen LogP contribution is -2.38. The molecule has 23 heavy (non-hydrogen) atoms. The van der Waals surface area contributed by atoms with Crippen molar-refractivity contribution in [3.8, 4) is 0 Å². The number of nitrogens with one attached hydrogen (secondary N) is 2. The summed E-state index contributed by atoms with van der Waals surface area (Å²) in [5.74, 6) is 1.48. The van der Waals surface area contributed by atoms with Gasteiger partial charge in [-0.1, -0.05) is 6.92 Å². The van der Waals surface area contributed by atoms with Gasteiger partial charge in [0.2, 0.25) is 5.95 Å². The van der Waals surface area contributed by atoms with E-state index in [9.17, 15) is 4.79 Å². The van der Waals surface area contributed by atoms with Gasteiger partial charge in [-0.15, -0.1) is 22.0 Å². The van der Waals surface area contributed by atoms with Gasteiger partial charge in [-0.25, -0.2) is 9.78 Å². The molecule has 1 aromatic rings. The van der Waals surface area contributed by atoms with Crippen LogP contribution in [0.25, 0.3) is 0 Å². The van der Waals surface area contributed by atoms with Gasteiger partial charge in [-0.05, 0) is 45.8 Å². The number of alkyl carbamates (subject to hydrolysis) is 1. The first kappa shape index (κ1) is 17.8. The molecule has 8 heteroatoms. The molecule has 1 aliphatic carbocycles. The highest BCUT2D eigenvalue weighted by atomic mass is 32.2. The first-order valence-electron chi connectivity index (χ1n) is 7.94. The smallest absolute Gasteiger partial charge is 0.407 e. The highest BCUT2D eigenvalue weighted by Crippen LogP contribution is 2.22. The van der Waals surface area contributed by atoms with Crippen LogP contribution in [-0.4, -0.2) is 44.7 Å². The molecule has 1 heterocycles. The number of carbonyl (C=O) groups excluding carboxylic acids is 1. The van der Waals surface area contributed by atoms with E-state index in [0.717, 1.165) is 30.0 Å². The van der Waals surface area contributed by atoms with Crippen molar-refractivity contribution in [2.45, 2.75) is 69.7 Å². The molecule has 7 nitrogen and oxygen atoms in total. The SMILES string of the molecule is CCSc1cnc(N[C@H]2CC[C@H](NC(=O)OC(C)(C)C)C2)nn1. The minimum absolute atomic E-state index is 0.116. The minimum Gasteiger partial charge on any atom is -0.444 e. The Balaban J connectivity index is 1.77. The van der Waals surface area contributed by atoms with Crippen LogP contribution in [0, 0.1) is 0 Å². The summed E-state index contributed by atoms with van der Waals surface area (Å²) >= 11 is 1.61. The maximum absolute atomic E-state index is 11.8. The lowest BCUT2D eigenvalue weighted by molar-refractivity contribution is 0.0505. The summed E-state index contributed by atoms with van der Waals surface area (Å²) in [5.41, 5.74) is -0.474. The van der Waals surface area contributed by atoms with E-state index in [1.54, 1.807) is 18.0 Å². The third kappa shape index (κ3) is 6.21. The topological polar surface area (TPSA) is 89.0 Å². The summed E-state index contributed by atoms with van der Waals surface area (Å²) in [6.45, 7) is 7.64. The van der Waals surface area contributed by atoms with Crippen LogP contribution in [0.3, 0.4) is 0 Å². The predicted octanol–water partition coefficient (Wildman–Crippen LogP) is 2.84. The Morgan fingerprint density at radius 1 is 1.35 bits per heavy atom. The Labute approximate surface area is 141 Å². The molecule has 2 rings (SSSR count). The van der Waals surface area contributed by atoms with E-state index >= 15 is 0 Å². The van der Waals surface area contributed by atoms with Crippen molar-refractivity contribution in [1.82, 2.24) is 20.5 Å². The van der Waals surface area contributed by atoms with E-state index in [-0.39, 0.29) is 18.2 Å². The number of anilines is 1. The summed E-state index contributed by atoms with van der Waals surface area (Å²) in [6, 6.07) is 0.353. The van der Waals surface area contributed by atoms with Crippen LogP contribution < -0.4 is 10.6 Å². The minimum atomic E-state index is -0.474. The number of nitrogens with zero attached hydrogens (tertiary/aromatic N) is 3. The zero-order valence-electron chi connectivity index (χ0n) is 14.1. The second-order valence-electron chi connectivity index (χ2n) is 6.55. The third-order valence-corrected chi connectivity index (χ3v) is 4.09. The zero-order valence-corrected chi connectivity index (χ0v) is 14.9. The highest BCUT2D eigenvalue weighted by Gasteiger charge is 2.28. The number of ether oxygens (including phenoxy) is 1. The molecule has 128 valence electrons. The lowest BCUT2D eigenvalue weighted by Gasteiger charge is -2.21. The van der Waals surface area contributed by atoms with Crippen molar-refractivity contribution < 1.29 is 9.53 Å². The Kier molecular flexibility index (Phi) is 6.04. The van der Waals surface area contributed by atoms with Crippen LogP contribution in [0.2, 0.25) is 0 Å². The van der Waals surface area contributed by atoms with Crippen molar-refractivity contribution in [2.75, 3.05) is 11.1 Å². The van der Waals surface area contributed by atoms with Crippen molar-refractivity contribution in [3.05, 3.63) is 6.20 Å². The number of carbonyl (C=O) groups is 1. The number of aromatic nitrogens is 3. The van der Waals surface area contributed by atoms with Gasteiger partial charge in [0.05, 0.1) is 6.20 Å². The van der Waals surface area contributed by atoms with Crippen LogP contribution in [0.1, 0.15) is 47.0 Å². The Morgan fingerprint density at radius 3 is 2.70 bits per heavy atom. The van der Waals surface area contributed by atoms with Crippen LogP contribution in [0.15, 0.2) is 11.2 Å². The fourth-order valence-electron chi connectivity index (χ4n) is 2.45. The molecule has 2 atom stereocenters. The maximum Gasteiger partial charge on any atom is 0.407 e. The second kappa shape index (κ2) is 7.81. The fraction of sp³-hybridized carbons (Fsp3) is 0.733. The Morgan fingerprint density at radius 2 is 2.09 bits per heavy atom. The third-order valence-electron chi connectivity index (χ3n) is 3.32. The van der Waals surface area contributed by atoms with Crippen molar-refractivity contribution in [3.63, 3.8) is 0 Å². The second-order valence-corrected chi connectivity index (χ2v) is 7.83. The van der Waals surface area contributed by atoms with Gasteiger partial charge >= 0.3 is 6.09 Å². The quantitative estimate of drug-likeness (QED) is 0.797. The molecule has 0 spiro atoms. The van der Waals surface area contributed by atoms with E-state index in [1.165, 1.54) is 0 Å². The average Bonchev–Trinajstić information content (AvgIpc) is 2.86. The van der Waals surface area contributed by atoms with Gasteiger partial charge in [0.25, 0.3) is 0 Å². The number of hydrogen-bond donors (Lipinski definition) is 2. The van der Waals surface area contributed by atoms with E-state index in [0.29, 0.717) is 5.95 Å². The van der Waals surface area contributed by atoms with Crippen molar-refractivity contribution >= 4 is 23.8 Å². The fourth-order valence-corrected chi connectivity index (χ4v) is 2.97. The van der Waals surface area contributed by atoms with Gasteiger partial charge in [0.1, 0.15) is 10.6 Å². The molecule has 0 aromatic carbocycles. The normalized spacial score (nSPS) is 21.0. The van der Waals surface area contributed by atoms with Gasteiger partial charge in [0.15, 0.2) is 0 Å². The molecule has 1 aromatic heterocycles. The molecule has 1 amide bonds. The van der Waals surface area contributed by atoms with Crippen molar-refractivity contribution in [1.29, 1.82) is 0 Å². The predicted molar refractivity (Wildman–Crippen MR) is 90.6 cm³/mol.